The summed E-state index contributed by atoms with van der Waals surface area (Å²) in [5, 5.41) is 14.3. The molecular formula is C15H23N3O3. The van der Waals surface area contributed by atoms with Crippen LogP contribution in [0.15, 0.2) is 18.2 Å². The van der Waals surface area contributed by atoms with Crippen LogP contribution in [0.1, 0.15) is 26.2 Å². The van der Waals surface area contributed by atoms with Gasteiger partial charge in [0.05, 0.1) is 4.92 Å². The molecule has 0 aromatic heterocycles. The molecule has 1 aromatic carbocycles. The first kappa shape index (κ1) is 15.6. The number of nitro groups is 1. The maximum atomic E-state index is 11.3. The molecule has 0 spiro atoms. The number of anilines is 1. The van der Waals surface area contributed by atoms with E-state index in [-0.39, 0.29) is 10.6 Å². The Morgan fingerprint density at radius 1 is 1.48 bits per heavy atom. The first-order valence-corrected chi connectivity index (χ1v) is 7.47. The number of ether oxygens (including phenoxy) is 1. The minimum atomic E-state index is -0.377. The molecule has 6 nitrogen and oxygen atoms in total. The van der Waals surface area contributed by atoms with E-state index in [1.54, 1.807) is 18.2 Å². The molecular weight excluding hydrogens is 270 g/mol. The van der Waals surface area contributed by atoms with Gasteiger partial charge in [-0.3, -0.25) is 10.1 Å². The molecule has 1 heterocycles. The van der Waals surface area contributed by atoms with Gasteiger partial charge in [-0.25, -0.2) is 0 Å². The van der Waals surface area contributed by atoms with Gasteiger partial charge >= 0.3 is 5.69 Å². The quantitative estimate of drug-likeness (QED) is 0.645. The van der Waals surface area contributed by atoms with E-state index in [1.807, 2.05) is 6.92 Å². The van der Waals surface area contributed by atoms with Crippen LogP contribution in [0.5, 0.6) is 5.75 Å². The van der Waals surface area contributed by atoms with Gasteiger partial charge in [0, 0.05) is 12.6 Å². The van der Waals surface area contributed by atoms with Gasteiger partial charge in [-0.1, -0.05) is 12.5 Å². The van der Waals surface area contributed by atoms with Crippen molar-refractivity contribution in [2.75, 3.05) is 32.1 Å². The van der Waals surface area contributed by atoms with E-state index >= 15 is 0 Å². The van der Waals surface area contributed by atoms with Crippen LogP contribution in [-0.4, -0.2) is 42.6 Å². The summed E-state index contributed by atoms with van der Waals surface area (Å²) in [5.74, 6) is 0.345. The van der Waals surface area contributed by atoms with E-state index in [4.69, 9.17) is 4.74 Å². The fourth-order valence-corrected chi connectivity index (χ4v) is 2.70. The average molecular weight is 293 g/mol. The highest BCUT2D eigenvalue weighted by molar-refractivity contribution is 5.68. The Hall–Kier alpha value is -1.82. The maximum absolute atomic E-state index is 11.3. The van der Waals surface area contributed by atoms with Crippen LogP contribution in [0, 0.1) is 10.1 Å². The van der Waals surface area contributed by atoms with Crippen LogP contribution in [0.25, 0.3) is 0 Å². The van der Waals surface area contributed by atoms with E-state index < -0.39 is 0 Å². The van der Waals surface area contributed by atoms with Crippen molar-refractivity contribution >= 4 is 11.4 Å². The van der Waals surface area contributed by atoms with Gasteiger partial charge in [-0.2, -0.15) is 0 Å². The van der Waals surface area contributed by atoms with E-state index in [1.165, 1.54) is 12.8 Å². The molecule has 0 aliphatic carbocycles. The third kappa shape index (κ3) is 3.85. The Balaban J connectivity index is 2.11. The predicted molar refractivity (Wildman–Crippen MR) is 83.0 cm³/mol. The van der Waals surface area contributed by atoms with Gasteiger partial charge in [-0.05, 0) is 45.5 Å². The highest BCUT2D eigenvalue weighted by atomic mass is 16.6. The SMILES string of the molecule is CCNc1cccc(OCC2CCCCN2C)c1[N+](=O)[O-]. The molecule has 1 aliphatic heterocycles. The number of nitrogens with one attached hydrogen (secondary N) is 1. The molecule has 0 saturated carbocycles. The lowest BCUT2D eigenvalue weighted by molar-refractivity contribution is -0.385. The van der Waals surface area contributed by atoms with Gasteiger partial charge < -0.3 is 15.0 Å². The molecule has 0 radical (unpaired) electrons. The standard InChI is InChI=1S/C15H23N3O3/c1-3-16-13-8-6-9-14(15(13)18(19)20)21-11-12-7-4-5-10-17(12)2/h6,8-9,12,16H,3-5,7,10-11H2,1-2H3. The Labute approximate surface area is 125 Å². The number of nitrogens with zero attached hydrogens (tertiary/aromatic N) is 2. The summed E-state index contributed by atoms with van der Waals surface area (Å²) in [6, 6.07) is 5.50. The summed E-state index contributed by atoms with van der Waals surface area (Å²) < 4.78 is 5.77. The third-order valence-electron chi connectivity index (χ3n) is 3.90. The zero-order valence-electron chi connectivity index (χ0n) is 12.7. The summed E-state index contributed by atoms with van der Waals surface area (Å²) >= 11 is 0. The molecule has 1 fully saturated rings. The third-order valence-corrected chi connectivity index (χ3v) is 3.90. The van der Waals surface area contributed by atoms with Crippen molar-refractivity contribution in [3.05, 3.63) is 28.3 Å². The molecule has 1 N–H and O–H groups in total. The molecule has 1 unspecified atom stereocenters. The molecule has 116 valence electrons. The van der Waals surface area contributed by atoms with Crippen LogP contribution in [-0.2, 0) is 0 Å². The zero-order chi connectivity index (χ0) is 15.2. The van der Waals surface area contributed by atoms with Crippen molar-refractivity contribution in [1.29, 1.82) is 0 Å². The number of rotatable bonds is 6. The van der Waals surface area contributed by atoms with Crippen molar-refractivity contribution in [3.63, 3.8) is 0 Å². The highest BCUT2D eigenvalue weighted by Gasteiger charge is 2.24. The lowest BCUT2D eigenvalue weighted by Crippen LogP contribution is -2.40. The van der Waals surface area contributed by atoms with Crippen molar-refractivity contribution in [2.45, 2.75) is 32.2 Å². The van der Waals surface area contributed by atoms with Crippen LogP contribution >= 0.6 is 0 Å². The number of hydrogen-bond donors (Lipinski definition) is 1. The van der Waals surface area contributed by atoms with Crippen molar-refractivity contribution in [3.8, 4) is 5.75 Å². The molecule has 6 heteroatoms. The van der Waals surface area contributed by atoms with Gasteiger partial charge in [0.2, 0.25) is 0 Å². The molecule has 0 bridgehead atoms. The van der Waals surface area contributed by atoms with E-state index in [2.05, 4.69) is 17.3 Å². The first-order valence-electron chi connectivity index (χ1n) is 7.47. The fraction of sp³-hybridized carbons (Fsp3) is 0.600. The van der Waals surface area contributed by atoms with Gasteiger partial charge in [0.15, 0.2) is 5.75 Å². The number of benzene rings is 1. The molecule has 1 aromatic rings. The summed E-state index contributed by atoms with van der Waals surface area (Å²) in [7, 11) is 2.08. The number of para-hydroxylation sites is 1. The van der Waals surface area contributed by atoms with Crippen LogP contribution in [0.3, 0.4) is 0 Å². The zero-order valence-corrected chi connectivity index (χ0v) is 12.7. The topological polar surface area (TPSA) is 67.6 Å². The number of nitro benzene ring substituents is 1. The number of likely N-dealkylation sites (N-methyl/N-ethyl adjacent to an activating group) is 1. The first-order chi connectivity index (χ1) is 10.1. The summed E-state index contributed by atoms with van der Waals surface area (Å²) in [5.41, 5.74) is 0.537. The monoisotopic (exact) mass is 293 g/mol. The van der Waals surface area contributed by atoms with E-state index in [9.17, 15) is 10.1 Å². The second-order valence-corrected chi connectivity index (χ2v) is 5.38. The van der Waals surface area contributed by atoms with E-state index in [0.29, 0.717) is 30.6 Å². The molecule has 1 saturated heterocycles. The largest absolute Gasteiger partial charge is 0.485 e. The fourth-order valence-electron chi connectivity index (χ4n) is 2.70. The maximum Gasteiger partial charge on any atom is 0.333 e. The Kier molecular flexibility index (Phi) is 5.38. The Morgan fingerprint density at radius 3 is 2.95 bits per heavy atom. The lowest BCUT2D eigenvalue weighted by Gasteiger charge is -2.32. The minimum absolute atomic E-state index is 0.0258. The van der Waals surface area contributed by atoms with Gasteiger partial charge in [0.1, 0.15) is 12.3 Å². The molecule has 1 atom stereocenters. The second kappa shape index (κ2) is 7.26. The van der Waals surface area contributed by atoms with E-state index in [0.717, 1.165) is 13.0 Å². The molecule has 0 amide bonds. The normalized spacial score (nSPS) is 19.2. The predicted octanol–water partition coefficient (Wildman–Crippen LogP) is 2.89. The molecule has 21 heavy (non-hydrogen) atoms. The van der Waals surface area contributed by atoms with Gasteiger partial charge in [0.25, 0.3) is 0 Å². The van der Waals surface area contributed by atoms with Crippen molar-refractivity contribution in [1.82, 2.24) is 4.90 Å². The molecule has 2 rings (SSSR count). The summed E-state index contributed by atoms with van der Waals surface area (Å²) in [6.45, 7) is 4.10. The van der Waals surface area contributed by atoms with Crippen LogP contribution in [0.2, 0.25) is 0 Å². The summed E-state index contributed by atoms with van der Waals surface area (Å²) in [4.78, 5) is 13.2. The van der Waals surface area contributed by atoms with Crippen LogP contribution < -0.4 is 10.1 Å². The minimum Gasteiger partial charge on any atom is -0.485 e. The van der Waals surface area contributed by atoms with Crippen molar-refractivity contribution < 1.29 is 9.66 Å². The average Bonchev–Trinajstić information content (AvgIpc) is 2.46. The number of piperidine rings is 1. The van der Waals surface area contributed by atoms with Crippen LogP contribution in [0.4, 0.5) is 11.4 Å². The Bertz CT molecular complexity index is 493. The van der Waals surface area contributed by atoms with Gasteiger partial charge in [-0.15, -0.1) is 0 Å². The second-order valence-electron chi connectivity index (χ2n) is 5.38. The molecule has 1 aliphatic rings. The number of likely N-dealkylation sites (tertiary alicyclic amines) is 1. The lowest BCUT2D eigenvalue weighted by atomic mass is 10.0. The smallest absolute Gasteiger partial charge is 0.333 e. The Morgan fingerprint density at radius 2 is 2.29 bits per heavy atom. The summed E-state index contributed by atoms with van der Waals surface area (Å²) in [6.07, 6.45) is 3.48. The highest BCUT2D eigenvalue weighted by Crippen LogP contribution is 2.35. The number of hydrogen-bond acceptors (Lipinski definition) is 5. The van der Waals surface area contributed by atoms with Crippen molar-refractivity contribution in [2.24, 2.45) is 0 Å².